The molecule has 0 aliphatic heterocycles. The van der Waals surface area contributed by atoms with E-state index in [2.05, 4.69) is 22.4 Å². The number of unbranched alkanes of at least 4 members (excludes halogenated alkanes) is 1. The third-order valence-corrected chi connectivity index (χ3v) is 4.17. The predicted octanol–water partition coefficient (Wildman–Crippen LogP) is 3.88. The second-order valence-corrected chi connectivity index (χ2v) is 5.54. The SMILES string of the molecule is CCc1csc(CCCCc2c(C)noc2C)n1. The minimum atomic E-state index is 0.968. The molecule has 0 aliphatic carbocycles. The first-order chi connectivity index (χ1) is 8.70. The molecule has 4 heteroatoms. The van der Waals surface area contributed by atoms with Crippen LogP contribution in [0.4, 0.5) is 0 Å². The van der Waals surface area contributed by atoms with Gasteiger partial charge in [-0.3, -0.25) is 0 Å². The maximum absolute atomic E-state index is 5.17. The summed E-state index contributed by atoms with van der Waals surface area (Å²) < 4.78 is 5.17. The minimum absolute atomic E-state index is 0.968. The average Bonchev–Trinajstić information content (AvgIpc) is 2.94. The largest absolute Gasteiger partial charge is 0.361 e. The molecule has 3 nitrogen and oxygen atoms in total. The van der Waals surface area contributed by atoms with Crippen molar-refractivity contribution in [3.8, 4) is 0 Å². The van der Waals surface area contributed by atoms with Crippen molar-refractivity contribution in [3.63, 3.8) is 0 Å². The maximum Gasteiger partial charge on any atom is 0.137 e. The quantitative estimate of drug-likeness (QED) is 0.743. The number of nitrogens with zero attached hydrogens (tertiary/aromatic N) is 2. The number of hydrogen-bond donors (Lipinski definition) is 0. The minimum Gasteiger partial charge on any atom is -0.361 e. The Morgan fingerprint density at radius 3 is 2.61 bits per heavy atom. The van der Waals surface area contributed by atoms with Crippen LogP contribution in [0.15, 0.2) is 9.90 Å². The highest BCUT2D eigenvalue weighted by Crippen LogP contribution is 2.17. The number of aromatic nitrogens is 2. The first kappa shape index (κ1) is 13.3. The summed E-state index contributed by atoms with van der Waals surface area (Å²) in [5, 5.41) is 7.42. The molecule has 0 bridgehead atoms. The van der Waals surface area contributed by atoms with E-state index in [0.717, 1.165) is 30.7 Å². The monoisotopic (exact) mass is 264 g/mol. The van der Waals surface area contributed by atoms with Crippen LogP contribution in [0.1, 0.15) is 47.5 Å². The van der Waals surface area contributed by atoms with Crippen LogP contribution in [0.25, 0.3) is 0 Å². The van der Waals surface area contributed by atoms with E-state index in [-0.39, 0.29) is 0 Å². The highest BCUT2D eigenvalue weighted by atomic mass is 32.1. The van der Waals surface area contributed by atoms with Gasteiger partial charge in [0.2, 0.25) is 0 Å². The van der Waals surface area contributed by atoms with E-state index in [0.29, 0.717) is 0 Å². The molecule has 0 N–H and O–H groups in total. The topological polar surface area (TPSA) is 38.9 Å². The molecule has 0 fully saturated rings. The lowest BCUT2D eigenvalue weighted by atomic mass is 10.1. The zero-order valence-electron chi connectivity index (χ0n) is 11.3. The molecular formula is C14H20N2OS. The number of aryl methyl sites for hydroxylation is 4. The van der Waals surface area contributed by atoms with E-state index in [9.17, 15) is 0 Å². The van der Waals surface area contributed by atoms with Gasteiger partial charge in [-0.25, -0.2) is 4.98 Å². The molecule has 2 aromatic heterocycles. The van der Waals surface area contributed by atoms with Crippen molar-refractivity contribution in [1.82, 2.24) is 10.1 Å². The van der Waals surface area contributed by atoms with Gasteiger partial charge in [0.05, 0.1) is 16.4 Å². The normalized spacial score (nSPS) is 11.1. The Morgan fingerprint density at radius 1 is 1.22 bits per heavy atom. The third kappa shape index (κ3) is 3.19. The molecule has 2 rings (SSSR count). The molecule has 2 aromatic rings. The Bertz CT molecular complexity index is 482. The van der Waals surface area contributed by atoms with Crippen molar-refractivity contribution in [2.75, 3.05) is 0 Å². The van der Waals surface area contributed by atoms with Crippen LogP contribution in [-0.4, -0.2) is 10.1 Å². The van der Waals surface area contributed by atoms with Gasteiger partial charge in [-0.05, 0) is 46.0 Å². The van der Waals surface area contributed by atoms with Crippen LogP contribution in [0.2, 0.25) is 0 Å². The molecule has 0 aliphatic rings. The Labute approximate surface area is 112 Å². The molecule has 18 heavy (non-hydrogen) atoms. The fraction of sp³-hybridized carbons (Fsp3) is 0.571. The van der Waals surface area contributed by atoms with Crippen molar-refractivity contribution in [2.45, 2.75) is 52.9 Å². The summed E-state index contributed by atoms with van der Waals surface area (Å²) >= 11 is 1.79. The van der Waals surface area contributed by atoms with Crippen LogP contribution in [0, 0.1) is 13.8 Å². The Hall–Kier alpha value is -1.16. The van der Waals surface area contributed by atoms with Crippen molar-refractivity contribution in [3.05, 3.63) is 33.1 Å². The molecule has 0 saturated carbocycles. The van der Waals surface area contributed by atoms with Gasteiger partial charge >= 0.3 is 0 Å². The fourth-order valence-corrected chi connectivity index (χ4v) is 2.99. The zero-order chi connectivity index (χ0) is 13.0. The summed E-state index contributed by atoms with van der Waals surface area (Å²) in [4.78, 5) is 4.59. The van der Waals surface area contributed by atoms with Gasteiger partial charge in [-0.2, -0.15) is 0 Å². The van der Waals surface area contributed by atoms with Crippen LogP contribution in [-0.2, 0) is 19.3 Å². The molecule has 0 spiro atoms. The lowest BCUT2D eigenvalue weighted by Gasteiger charge is -1.99. The van der Waals surface area contributed by atoms with Crippen LogP contribution < -0.4 is 0 Å². The summed E-state index contributed by atoms with van der Waals surface area (Å²) in [6.07, 6.45) is 5.54. The molecule has 0 atom stereocenters. The molecule has 0 unspecified atom stereocenters. The van der Waals surface area contributed by atoms with Gasteiger partial charge in [0.15, 0.2) is 0 Å². The maximum atomic E-state index is 5.17. The summed E-state index contributed by atoms with van der Waals surface area (Å²) in [5.74, 6) is 0.968. The van der Waals surface area contributed by atoms with Crippen molar-refractivity contribution in [1.29, 1.82) is 0 Å². The van der Waals surface area contributed by atoms with E-state index < -0.39 is 0 Å². The number of hydrogen-bond acceptors (Lipinski definition) is 4. The summed E-state index contributed by atoms with van der Waals surface area (Å²) in [6, 6.07) is 0. The molecule has 98 valence electrons. The number of thiazole rings is 1. The average molecular weight is 264 g/mol. The fourth-order valence-electron chi connectivity index (χ4n) is 2.06. The van der Waals surface area contributed by atoms with Crippen molar-refractivity contribution >= 4 is 11.3 Å². The van der Waals surface area contributed by atoms with Crippen LogP contribution in [0.5, 0.6) is 0 Å². The lowest BCUT2D eigenvalue weighted by molar-refractivity contribution is 0.392. The van der Waals surface area contributed by atoms with Crippen LogP contribution >= 0.6 is 11.3 Å². The third-order valence-electron chi connectivity index (χ3n) is 3.21. The molecular weight excluding hydrogens is 244 g/mol. The molecule has 0 aromatic carbocycles. The van der Waals surface area contributed by atoms with Gasteiger partial charge in [0.25, 0.3) is 0 Å². The van der Waals surface area contributed by atoms with E-state index >= 15 is 0 Å². The standard InChI is InChI=1S/C14H20N2OS/c1-4-12-9-18-14(15-12)8-6-5-7-13-10(2)16-17-11(13)3/h9H,4-8H2,1-3H3. The van der Waals surface area contributed by atoms with E-state index in [1.807, 2.05) is 13.8 Å². The summed E-state index contributed by atoms with van der Waals surface area (Å²) in [6.45, 7) is 6.15. The molecule has 0 saturated heterocycles. The molecule has 0 amide bonds. The lowest BCUT2D eigenvalue weighted by Crippen LogP contribution is -1.92. The van der Waals surface area contributed by atoms with Crippen LogP contribution in [0.3, 0.4) is 0 Å². The Kier molecular flexibility index (Phi) is 4.53. The van der Waals surface area contributed by atoms with Gasteiger partial charge < -0.3 is 4.52 Å². The second kappa shape index (κ2) is 6.14. The first-order valence-corrected chi connectivity index (χ1v) is 7.43. The highest BCUT2D eigenvalue weighted by Gasteiger charge is 2.08. The van der Waals surface area contributed by atoms with Gasteiger partial charge in [0.1, 0.15) is 5.76 Å². The van der Waals surface area contributed by atoms with Gasteiger partial charge in [-0.15, -0.1) is 11.3 Å². The summed E-state index contributed by atoms with van der Waals surface area (Å²) in [7, 11) is 0. The smallest absolute Gasteiger partial charge is 0.137 e. The van der Waals surface area contributed by atoms with Gasteiger partial charge in [0, 0.05) is 10.9 Å². The van der Waals surface area contributed by atoms with Crippen molar-refractivity contribution in [2.24, 2.45) is 0 Å². The van der Waals surface area contributed by atoms with E-state index in [1.165, 1.54) is 29.1 Å². The zero-order valence-corrected chi connectivity index (χ0v) is 12.1. The Morgan fingerprint density at radius 2 is 2.00 bits per heavy atom. The number of rotatable bonds is 6. The van der Waals surface area contributed by atoms with Gasteiger partial charge in [-0.1, -0.05) is 12.1 Å². The highest BCUT2D eigenvalue weighted by molar-refractivity contribution is 7.09. The summed E-state index contributed by atoms with van der Waals surface area (Å²) in [5.41, 5.74) is 3.54. The molecule has 0 radical (unpaired) electrons. The Balaban J connectivity index is 1.76. The van der Waals surface area contributed by atoms with Crippen molar-refractivity contribution < 1.29 is 4.52 Å². The van der Waals surface area contributed by atoms with E-state index in [1.54, 1.807) is 11.3 Å². The first-order valence-electron chi connectivity index (χ1n) is 6.55. The molecule has 2 heterocycles. The predicted molar refractivity (Wildman–Crippen MR) is 74.1 cm³/mol. The second-order valence-electron chi connectivity index (χ2n) is 4.60. The van der Waals surface area contributed by atoms with E-state index in [4.69, 9.17) is 4.52 Å².